The van der Waals surface area contributed by atoms with Gasteiger partial charge in [-0.1, -0.05) is 17.7 Å². The molecule has 0 bridgehead atoms. The van der Waals surface area contributed by atoms with E-state index in [-0.39, 0.29) is 17.0 Å². The Bertz CT molecular complexity index is 1290. The number of ether oxygens (including phenoxy) is 1. The molecule has 0 radical (unpaired) electrons. The van der Waals surface area contributed by atoms with Crippen molar-refractivity contribution in [2.24, 2.45) is 10.9 Å². The average molecular weight is 560 g/mol. The largest absolute Gasteiger partial charge is 0.380 e. The number of aliphatic hydroxyl groups is 1. The number of hydrogen-bond donors (Lipinski definition) is 2. The second-order valence-corrected chi connectivity index (χ2v) is 10.9. The number of H-pyrrole nitrogens is 1. The first-order valence-corrected chi connectivity index (χ1v) is 13.6. The maximum atomic E-state index is 13.6. The Morgan fingerprint density at radius 1 is 1.23 bits per heavy atom. The number of aliphatic hydroxyl groups excluding tert-OH is 1. The summed E-state index contributed by atoms with van der Waals surface area (Å²) in [5.74, 6) is -0.151. The van der Waals surface area contributed by atoms with E-state index in [4.69, 9.17) is 21.3 Å². The summed E-state index contributed by atoms with van der Waals surface area (Å²) in [6, 6.07) is -1.53. The van der Waals surface area contributed by atoms with Crippen molar-refractivity contribution in [2.45, 2.75) is 37.5 Å². The van der Waals surface area contributed by atoms with Crippen molar-refractivity contribution in [2.75, 3.05) is 46.4 Å². The zero-order chi connectivity index (χ0) is 27.3. The summed E-state index contributed by atoms with van der Waals surface area (Å²) < 4.78 is 19.1. The van der Waals surface area contributed by atoms with E-state index in [9.17, 15) is 19.1 Å². The number of hydrogen-bond acceptors (Lipinski definition) is 7. The number of imidazole rings is 1. The van der Waals surface area contributed by atoms with Crippen LogP contribution in [0.15, 0.2) is 46.1 Å². The molecule has 5 heterocycles. The van der Waals surface area contributed by atoms with Crippen molar-refractivity contribution >= 4 is 29.4 Å². The molecule has 1 aliphatic carbocycles. The minimum Gasteiger partial charge on any atom is -0.380 e. The van der Waals surface area contributed by atoms with Crippen molar-refractivity contribution in [1.29, 1.82) is 0 Å². The Balaban J connectivity index is 1.30. The minimum atomic E-state index is -1.45. The van der Waals surface area contributed by atoms with Crippen LogP contribution in [-0.2, 0) is 16.0 Å². The van der Waals surface area contributed by atoms with Crippen molar-refractivity contribution in [3.05, 3.63) is 52.6 Å². The quantitative estimate of drug-likeness (QED) is 0.569. The van der Waals surface area contributed by atoms with Gasteiger partial charge < -0.3 is 29.5 Å². The van der Waals surface area contributed by atoms with Gasteiger partial charge in [0.15, 0.2) is 6.10 Å². The maximum Gasteiger partial charge on any atom is 0.320 e. The highest BCUT2D eigenvalue weighted by Gasteiger charge is 2.47. The molecule has 39 heavy (non-hydrogen) atoms. The summed E-state index contributed by atoms with van der Waals surface area (Å²) in [7, 11) is 1.76. The number of urea groups is 1. The van der Waals surface area contributed by atoms with E-state index in [1.165, 1.54) is 11.0 Å². The summed E-state index contributed by atoms with van der Waals surface area (Å²) in [5.41, 5.74) is 1.67. The topological polar surface area (TPSA) is 118 Å². The van der Waals surface area contributed by atoms with E-state index in [1.807, 2.05) is 0 Å². The number of allylic oxidation sites excluding steroid dienone is 4. The van der Waals surface area contributed by atoms with Gasteiger partial charge in [0.25, 0.3) is 5.91 Å². The van der Waals surface area contributed by atoms with Crippen LogP contribution in [0.5, 0.6) is 0 Å². The number of fused-ring (bicyclic) bond motifs is 1. The van der Waals surface area contributed by atoms with Crippen LogP contribution in [-0.4, -0.2) is 111 Å². The molecule has 4 atom stereocenters. The summed E-state index contributed by atoms with van der Waals surface area (Å²) in [6.07, 6.45) is 6.64. The Kier molecular flexibility index (Phi) is 6.94. The first-order valence-electron chi connectivity index (χ1n) is 13.2. The molecule has 2 N–H and O–H groups in total. The monoisotopic (exact) mass is 559 g/mol. The smallest absolute Gasteiger partial charge is 0.320 e. The van der Waals surface area contributed by atoms with Gasteiger partial charge in [0.1, 0.15) is 23.5 Å². The molecular weight excluding hydrogens is 529 g/mol. The lowest BCUT2D eigenvalue weighted by molar-refractivity contribution is -0.136. The summed E-state index contributed by atoms with van der Waals surface area (Å²) in [5, 5.41) is 11.2. The number of rotatable bonds is 5. The summed E-state index contributed by atoms with van der Waals surface area (Å²) in [6.45, 7) is 3.64. The van der Waals surface area contributed by atoms with E-state index in [0.717, 1.165) is 11.4 Å². The van der Waals surface area contributed by atoms with E-state index in [2.05, 4.69) is 14.9 Å². The van der Waals surface area contributed by atoms with Gasteiger partial charge in [-0.3, -0.25) is 14.7 Å². The Labute approximate surface area is 230 Å². The van der Waals surface area contributed by atoms with Crippen LogP contribution in [0.1, 0.15) is 30.4 Å². The molecular formula is C26H31ClFN7O4. The number of carbonyl (C=O) groups is 2. The summed E-state index contributed by atoms with van der Waals surface area (Å²) >= 11 is 5.96. The zero-order valence-corrected chi connectivity index (χ0v) is 22.3. The third kappa shape index (κ3) is 4.85. The predicted octanol–water partition coefficient (Wildman–Crippen LogP) is 1.90. The molecule has 1 aromatic heterocycles. The number of nitrogens with zero attached hydrogens (tertiary/aromatic N) is 6. The molecule has 6 rings (SSSR count). The molecule has 3 amide bonds. The number of amidine groups is 1. The molecule has 4 unspecified atom stereocenters. The fraction of sp³-hybridized carbons (Fsp3) is 0.538. The highest BCUT2D eigenvalue weighted by molar-refractivity contribution is 6.31. The third-order valence-electron chi connectivity index (χ3n) is 7.95. The number of halogens is 2. The molecule has 5 aliphatic rings. The van der Waals surface area contributed by atoms with Gasteiger partial charge in [-0.25, -0.2) is 14.2 Å². The van der Waals surface area contributed by atoms with E-state index in [1.54, 1.807) is 35.3 Å². The van der Waals surface area contributed by atoms with E-state index < -0.39 is 29.9 Å². The Morgan fingerprint density at radius 3 is 2.74 bits per heavy atom. The fourth-order valence-electron chi connectivity index (χ4n) is 5.77. The number of aliphatic imine (C=N–C) groups is 1. The van der Waals surface area contributed by atoms with Crippen molar-refractivity contribution < 1.29 is 23.8 Å². The number of aromatic nitrogens is 2. The van der Waals surface area contributed by atoms with Crippen LogP contribution in [0.25, 0.3) is 0 Å². The van der Waals surface area contributed by atoms with Gasteiger partial charge in [0.05, 0.1) is 24.3 Å². The molecule has 0 aromatic carbocycles. The minimum absolute atomic E-state index is 0.00495. The third-order valence-corrected chi connectivity index (χ3v) is 8.26. The zero-order valence-electron chi connectivity index (χ0n) is 21.6. The SMILES string of the molecule is CN1CCN(C2CC(N3CCOCC3)=CN3C(=O)C(O)C(c4ncc(CC5C=C(Cl)C(F)=CC5)[nH]4)N=C23)C1=O. The van der Waals surface area contributed by atoms with E-state index in [0.29, 0.717) is 70.3 Å². The van der Waals surface area contributed by atoms with Gasteiger partial charge in [0, 0.05) is 63.4 Å². The van der Waals surface area contributed by atoms with E-state index >= 15 is 0 Å². The van der Waals surface area contributed by atoms with Gasteiger partial charge in [-0.15, -0.1) is 0 Å². The van der Waals surface area contributed by atoms with Crippen molar-refractivity contribution in [3.63, 3.8) is 0 Å². The van der Waals surface area contributed by atoms with Crippen LogP contribution in [0.2, 0.25) is 0 Å². The van der Waals surface area contributed by atoms with Crippen molar-refractivity contribution in [3.8, 4) is 0 Å². The second-order valence-electron chi connectivity index (χ2n) is 10.5. The number of nitrogens with one attached hydrogen (secondary N) is 1. The molecule has 0 saturated carbocycles. The van der Waals surface area contributed by atoms with Crippen LogP contribution in [0.3, 0.4) is 0 Å². The molecule has 11 nitrogen and oxygen atoms in total. The number of carbonyl (C=O) groups excluding carboxylic acids is 2. The molecule has 1 aromatic rings. The number of amides is 3. The van der Waals surface area contributed by atoms with Gasteiger partial charge in [0.2, 0.25) is 0 Å². The van der Waals surface area contributed by atoms with Crippen LogP contribution in [0, 0.1) is 5.92 Å². The Morgan fingerprint density at radius 2 is 2.03 bits per heavy atom. The first-order chi connectivity index (χ1) is 18.8. The molecule has 4 aliphatic heterocycles. The standard InChI is InChI=1S/C26H31ClFN7O4/c1-32-4-5-34(26(32)38)20-12-17(33-6-8-39-9-7-33)14-35-24(20)31-21(22(36)25(35)37)23-29-13-16(30-23)10-15-2-3-19(28)18(27)11-15/h3,11,13-15,20-22,36H,2,4-10,12H2,1H3,(H,29,30). The molecule has 2 fully saturated rings. The fourth-order valence-corrected chi connectivity index (χ4v) is 6.03. The molecule has 13 heteroatoms. The highest BCUT2D eigenvalue weighted by atomic mass is 35.5. The second kappa shape index (κ2) is 10.4. The van der Waals surface area contributed by atoms with Gasteiger partial charge >= 0.3 is 6.03 Å². The number of aromatic amines is 1. The lowest BCUT2D eigenvalue weighted by atomic mass is 9.95. The van der Waals surface area contributed by atoms with Gasteiger partial charge in [-0.05, 0) is 24.8 Å². The normalized spacial score (nSPS) is 29.7. The van der Waals surface area contributed by atoms with Crippen LogP contribution in [0.4, 0.5) is 9.18 Å². The first kappa shape index (κ1) is 26.0. The summed E-state index contributed by atoms with van der Waals surface area (Å²) in [4.78, 5) is 46.0. The maximum absolute atomic E-state index is 13.6. The molecule has 208 valence electrons. The highest BCUT2D eigenvalue weighted by Crippen LogP contribution is 2.35. The van der Waals surface area contributed by atoms with Crippen LogP contribution >= 0.6 is 11.6 Å². The Hall–Kier alpha value is -3.22. The number of likely N-dealkylation sites (N-methyl/N-ethyl adjacent to an activating group) is 1. The van der Waals surface area contributed by atoms with Crippen molar-refractivity contribution in [1.82, 2.24) is 29.6 Å². The van der Waals surface area contributed by atoms with Crippen LogP contribution < -0.4 is 0 Å². The molecule has 2 saturated heterocycles. The molecule has 0 spiro atoms. The lowest BCUT2D eigenvalue weighted by Gasteiger charge is -2.44. The van der Waals surface area contributed by atoms with Gasteiger partial charge in [-0.2, -0.15) is 0 Å². The predicted molar refractivity (Wildman–Crippen MR) is 140 cm³/mol. The lowest BCUT2D eigenvalue weighted by Crippen LogP contribution is -2.58. The number of morpholine rings is 1. The average Bonchev–Trinajstić information content (AvgIpc) is 3.54.